The Labute approximate surface area is 143 Å². The quantitative estimate of drug-likeness (QED) is 0.415. The number of rotatable bonds is 7. The van der Waals surface area contributed by atoms with Crippen LogP contribution in [-0.2, 0) is 9.60 Å². The lowest BCUT2D eigenvalue weighted by Gasteiger charge is -2.24. The maximum absolute atomic E-state index is 11.1. The van der Waals surface area contributed by atoms with Gasteiger partial charge >= 0.3 is 0 Å². The summed E-state index contributed by atoms with van der Waals surface area (Å²) in [5.41, 5.74) is 0.148. The van der Waals surface area contributed by atoms with E-state index in [0.29, 0.717) is 6.61 Å². The molecule has 0 aliphatic rings. The SMILES string of the molecule is CC(C)(COSc1ccc([N+](=O)[O-])cc1[N+](=O)[O-])c1ccccc1. The van der Waals surface area contributed by atoms with Crippen LogP contribution in [0.3, 0.4) is 0 Å². The molecule has 24 heavy (non-hydrogen) atoms. The van der Waals surface area contributed by atoms with Crippen molar-refractivity contribution in [3.63, 3.8) is 0 Å². The lowest BCUT2D eigenvalue weighted by molar-refractivity contribution is -0.396. The van der Waals surface area contributed by atoms with Crippen molar-refractivity contribution in [2.24, 2.45) is 0 Å². The second kappa shape index (κ2) is 7.41. The first-order valence-electron chi connectivity index (χ1n) is 7.09. The fourth-order valence-electron chi connectivity index (χ4n) is 2.05. The van der Waals surface area contributed by atoms with Crippen molar-refractivity contribution < 1.29 is 14.0 Å². The Balaban J connectivity index is 2.09. The van der Waals surface area contributed by atoms with E-state index in [1.807, 2.05) is 44.2 Å². The molecule has 2 rings (SSSR count). The standard InChI is InChI=1S/C16H16N2O5S/c1-16(2,12-6-4-3-5-7-12)11-23-24-15-9-8-13(17(19)20)10-14(15)18(21)22/h3-10H,11H2,1-2H3. The fourth-order valence-corrected chi connectivity index (χ4v) is 2.87. The topological polar surface area (TPSA) is 95.5 Å². The van der Waals surface area contributed by atoms with Gasteiger partial charge in [0.2, 0.25) is 0 Å². The molecule has 0 aliphatic carbocycles. The molecule has 0 N–H and O–H groups in total. The maximum atomic E-state index is 11.1. The molecular formula is C16H16N2O5S. The Bertz CT molecular complexity index is 749. The molecule has 0 bridgehead atoms. The zero-order valence-corrected chi connectivity index (χ0v) is 14.0. The highest BCUT2D eigenvalue weighted by Crippen LogP contribution is 2.34. The van der Waals surface area contributed by atoms with E-state index in [2.05, 4.69) is 0 Å². The molecule has 0 spiro atoms. The lowest BCUT2D eigenvalue weighted by Crippen LogP contribution is -2.22. The number of hydrogen-bond acceptors (Lipinski definition) is 6. The van der Waals surface area contributed by atoms with Crippen molar-refractivity contribution in [3.8, 4) is 0 Å². The molecule has 8 heteroatoms. The van der Waals surface area contributed by atoms with Gasteiger partial charge in [-0.05, 0) is 11.6 Å². The Morgan fingerprint density at radius 3 is 2.29 bits per heavy atom. The fraction of sp³-hybridized carbons (Fsp3) is 0.250. The molecule has 0 aromatic heterocycles. The summed E-state index contributed by atoms with van der Waals surface area (Å²) in [6.07, 6.45) is 0. The highest BCUT2D eigenvalue weighted by molar-refractivity contribution is 7.94. The number of nitrogens with zero attached hydrogens (tertiary/aromatic N) is 2. The summed E-state index contributed by atoms with van der Waals surface area (Å²) >= 11 is 0.853. The lowest BCUT2D eigenvalue weighted by atomic mass is 9.86. The van der Waals surface area contributed by atoms with Crippen molar-refractivity contribution in [1.29, 1.82) is 0 Å². The number of hydrogen-bond donors (Lipinski definition) is 0. The van der Waals surface area contributed by atoms with E-state index in [4.69, 9.17) is 4.18 Å². The van der Waals surface area contributed by atoms with Gasteiger partial charge in [0.1, 0.15) is 4.90 Å². The van der Waals surface area contributed by atoms with Crippen LogP contribution in [0.25, 0.3) is 0 Å². The van der Waals surface area contributed by atoms with Crippen LogP contribution >= 0.6 is 12.0 Å². The third kappa shape index (κ3) is 4.30. The number of nitro groups is 2. The summed E-state index contributed by atoms with van der Waals surface area (Å²) in [7, 11) is 0. The molecule has 0 atom stereocenters. The smallest absolute Gasteiger partial charge is 0.292 e. The zero-order valence-electron chi connectivity index (χ0n) is 13.2. The first-order valence-corrected chi connectivity index (χ1v) is 7.83. The molecule has 0 saturated carbocycles. The Kier molecular flexibility index (Phi) is 5.53. The Hall–Kier alpha value is -2.45. The van der Waals surface area contributed by atoms with Crippen molar-refractivity contribution in [2.45, 2.75) is 24.2 Å². The van der Waals surface area contributed by atoms with Gasteiger partial charge in [-0.1, -0.05) is 44.2 Å². The van der Waals surface area contributed by atoms with E-state index < -0.39 is 9.85 Å². The Morgan fingerprint density at radius 1 is 1.04 bits per heavy atom. The highest BCUT2D eigenvalue weighted by Gasteiger charge is 2.24. The van der Waals surface area contributed by atoms with Gasteiger partial charge in [-0.15, -0.1) is 0 Å². The van der Waals surface area contributed by atoms with E-state index in [9.17, 15) is 20.2 Å². The molecule has 0 amide bonds. The predicted molar refractivity (Wildman–Crippen MR) is 91.0 cm³/mol. The van der Waals surface area contributed by atoms with Crippen LogP contribution in [0.1, 0.15) is 19.4 Å². The summed E-state index contributed by atoms with van der Waals surface area (Å²) in [6.45, 7) is 4.34. The normalized spacial score (nSPS) is 11.2. The zero-order chi connectivity index (χ0) is 17.7. The van der Waals surface area contributed by atoms with E-state index >= 15 is 0 Å². The maximum Gasteiger partial charge on any atom is 0.292 e. The molecule has 0 radical (unpaired) electrons. The second-order valence-corrected chi connectivity index (χ2v) is 6.60. The minimum Gasteiger partial charge on any atom is -0.309 e. The van der Waals surface area contributed by atoms with Crippen LogP contribution in [0.2, 0.25) is 0 Å². The molecule has 0 aliphatic heterocycles. The first-order chi connectivity index (χ1) is 11.3. The van der Waals surface area contributed by atoms with E-state index in [0.717, 1.165) is 23.7 Å². The van der Waals surface area contributed by atoms with Crippen molar-refractivity contribution in [3.05, 3.63) is 74.3 Å². The van der Waals surface area contributed by atoms with Crippen LogP contribution in [0.4, 0.5) is 11.4 Å². The minimum absolute atomic E-state index is 0.231. The number of nitro benzene ring substituents is 2. The molecule has 2 aromatic rings. The summed E-state index contributed by atoms with van der Waals surface area (Å²) in [5.74, 6) is 0. The molecule has 0 heterocycles. The molecule has 0 saturated heterocycles. The van der Waals surface area contributed by atoms with Gasteiger partial charge in [-0.2, -0.15) is 0 Å². The number of benzene rings is 2. The minimum atomic E-state index is -0.666. The van der Waals surface area contributed by atoms with Gasteiger partial charge in [0.05, 0.1) is 22.5 Å². The third-order valence-electron chi connectivity index (χ3n) is 3.47. The summed E-state index contributed by atoms with van der Waals surface area (Å²) in [6, 6.07) is 13.3. The average Bonchev–Trinajstić information content (AvgIpc) is 2.55. The van der Waals surface area contributed by atoms with Crippen LogP contribution in [0.5, 0.6) is 0 Å². The summed E-state index contributed by atoms with van der Waals surface area (Å²) in [5, 5.41) is 21.8. The van der Waals surface area contributed by atoms with Crippen LogP contribution in [-0.4, -0.2) is 16.5 Å². The first kappa shape index (κ1) is 17.9. The predicted octanol–water partition coefficient (Wildman–Crippen LogP) is 4.50. The van der Waals surface area contributed by atoms with Crippen LogP contribution in [0.15, 0.2) is 53.4 Å². The van der Waals surface area contributed by atoms with Gasteiger partial charge in [0.15, 0.2) is 0 Å². The number of non-ortho nitro benzene ring substituents is 1. The average molecular weight is 348 g/mol. The monoisotopic (exact) mass is 348 g/mol. The molecule has 2 aromatic carbocycles. The van der Waals surface area contributed by atoms with Gasteiger partial charge < -0.3 is 4.18 Å². The van der Waals surface area contributed by atoms with E-state index in [1.54, 1.807) is 0 Å². The van der Waals surface area contributed by atoms with Gasteiger partial charge in [-0.3, -0.25) is 20.2 Å². The van der Waals surface area contributed by atoms with Crippen LogP contribution in [0, 0.1) is 20.2 Å². The van der Waals surface area contributed by atoms with E-state index in [-0.39, 0.29) is 21.7 Å². The van der Waals surface area contributed by atoms with Gasteiger partial charge in [-0.25, -0.2) is 0 Å². The third-order valence-corrected chi connectivity index (χ3v) is 4.23. The molecule has 126 valence electrons. The van der Waals surface area contributed by atoms with Gasteiger partial charge in [0, 0.05) is 23.5 Å². The van der Waals surface area contributed by atoms with Crippen molar-refractivity contribution >= 4 is 23.4 Å². The van der Waals surface area contributed by atoms with Crippen molar-refractivity contribution in [1.82, 2.24) is 0 Å². The molecule has 0 fully saturated rings. The summed E-state index contributed by atoms with van der Waals surface area (Å²) < 4.78 is 5.57. The highest BCUT2D eigenvalue weighted by atomic mass is 32.2. The molecular weight excluding hydrogens is 332 g/mol. The van der Waals surface area contributed by atoms with Crippen molar-refractivity contribution in [2.75, 3.05) is 6.61 Å². The van der Waals surface area contributed by atoms with Gasteiger partial charge in [0.25, 0.3) is 11.4 Å². The second-order valence-electron chi connectivity index (χ2n) is 5.76. The summed E-state index contributed by atoms with van der Waals surface area (Å²) in [4.78, 5) is 20.7. The largest absolute Gasteiger partial charge is 0.309 e. The van der Waals surface area contributed by atoms with Crippen LogP contribution < -0.4 is 0 Å². The van der Waals surface area contributed by atoms with E-state index in [1.165, 1.54) is 12.1 Å². The Morgan fingerprint density at radius 2 is 1.71 bits per heavy atom. The molecule has 7 nitrogen and oxygen atoms in total. The molecule has 0 unspecified atom stereocenters.